The number of pyridine rings is 2. The zero-order valence-electron chi connectivity index (χ0n) is 6.44. The summed E-state index contributed by atoms with van der Waals surface area (Å²) in [4.78, 5) is 7.85. The molecule has 2 aromatic heterocycles. The summed E-state index contributed by atoms with van der Waals surface area (Å²) in [6, 6.07) is 7.75. The molecule has 12 heavy (non-hydrogen) atoms. The minimum Gasteiger partial charge on any atom is -0.265 e. The zero-order valence-corrected chi connectivity index (χ0v) is 6.44. The number of rotatable bonds is 1. The van der Waals surface area contributed by atoms with E-state index in [-0.39, 0.29) is 0 Å². The van der Waals surface area contributed by atoms with Crippen molar-refractivity contribution >= 4 is 0 Å². The van der Waals surface area contributed by atoms with Crippen LogP contribution in [0.5, 0.6) is 0 Å². The van der Waals surface area contributed by atoms with E-state index in [1.807, 2.05) is 24.3 Å². The van der Waals surface area contributed by atoms with E-state index < -0.39 is 0 Å². The maximum absolute atomic E-state index is 3.94. The molecule has 0 saturated carbocycles. The molecule has 0 fully saturated rings. The first-order valence-corrected chi connectivity index (χ1v) is 3.70. The number of hydrogen-bond donors (Lipinski definition) is 0. The molecule has 0 N–H and O–H groups in total. The summed E-state index contributed by atoms with van der Waals surface area (Å²) in [5.74, 6) is 0. The molecule has 57 valence electrons. The molecule has 0 saturated heterocycles. The summed E-state index contributed by atoms with van der Waals surface area (Å²) >= 11 is 0. The third-order valence-corrected chi connectivity index (χ3v) is 1.60. The van der Waals surface area contributed by atoms with Crippen LogP contribution in [0.15, 0.2) is 42.9 Å². The van der Waals surface area contributed by atoms with Crippen LogP contribution in [0.3, 0.4) is 0 Å². The largest absolute Gasteiger partial charge is 0.265 e. The lowest BCUT2D eigenvalue weighted by molar-refractivity contribution is 1.29. The zero-order chi connectivity index (χ0) is 8.23. The molecule has 0 bridgehead atoms. The van der Waals surface area contributed by atoms with Crippen LogP contribution in [0.2, 0.25) is 0 Å². The molecule has 2 nitrogen and oxygen atoms in total. The van der Waals surface area contributed by atoms with Gasteiger partial charge >= 0.3 is 0 Å². The van der Waals surface area contributed by atoms with Crippen LogP contribution in [0.25, 0.3) is 11.1 Å². The van der Waals surface area contributed by atoms with Gasteiger partial charge in [-0.05, 0) is 23.8 Å². The molecule has 0 aliphatic rings. The third kappa shape index (κ3) is 1.32. The van der Waals surface area contributed by atoms with Crippen molar-refractivity contribution in [1.29, 1.82) is 0 Å². The summed E-state index contributed by atoms with van der Waals surface area (Å²) in [6.07, 6.45) is 8.14. The number of nitrogens with zero attached hydrogens (tertiary/aromatic N) is 2. The lowest BCUT2D eigenvalue weighted by Gasteiger charge is -1.96. The Morgan fingerprint density at radius 3 is 2.50 bits per heavy atom. The fourth-order valence-electron chi connectivity index (χ4n) is 1.02. The molecule has 0 aromatic carbocycles. The minimum atomic E-state index is 1.000. The van der Waals surface area contributed by atoms with E-state index in [1.165, 1.54) is 0 Å². The first kappa shape index (κ1) is 6.98. The second-order valence-corrected chi connectivity index (χ2v) is 2.40. The Kier molecular flexibility index (Phi) is 1.82. The van der Waals surface area contributed by atoms with Crippen LogP contribution in [0, 0.1) is 6.20 Å². The maximum atomic E-state index is 3.94. The van der Waals surface area contributed by atoms with Crippen molar-refractivity contribution in [2.45, 2.75) is 0 Å². The van der Waals surface area contributed by atoms with E-state index in [0.717, 1.165) is 11.1 Å². The SMILES string of the molecule is [c]1ncccc1-c1ccncc1. The summed E-state index contributed by atoms with van der Waals surface area (Å²) in [7, 11) is 0. The van der Waals surface area contributed by atoms with Crippen LogP contribution in [-0.4, -0.2) is 9.97 Å². The normalized spacial score (nSPS) is 9.67. The Hall–Kier alpha value is -1.70. The Labute approximate surface area is 70.9 Å². The molecular weight excluding hydrogens is 148 g/mol. The van der Waals surface area contributed by atoms with Gasteiger partial charge in [0.05, 0.1) is 6.20 Å². The van der Waals surface area contributed by atoms with Crippen molar-refractivity contribution in [3.05, 3.63) is 49.1 Å². The summed E-state index contributed by atoms with van der Waals surface area (Å²) in [6.45, 7) is 0. The second-order valence-electron chi connectivity index (χ2n) is 2.40. The Balaban J connectivity index is 2.46. The van der Waals surface area contributed by atoms with E-state index in [0.29, 0.717) is 0 Å². The van der Waals surface area contributed by atoms with Crippen molar-refractivity contribution in [3.63, 3.8) is 0 Å². The maximum Gasteiger partial charge on any atom is 0.0970 e. The van der Waals surface area contributed by atoms with Crippen LogP contribution in [-0.2, 0) is 0 Å². The van der Waals surface area contributed by atoms with Gasteiger partial charge in [-0.2, -0.15) is 0 Å². The fraction of sp³-hybridized carbons (Fsp3) is 0. The van der Waals surface area contributed by atoms with Crippen molar-refractivity contribution < 1.29 is 0 Å². The Morgan fingerprint density at radius 2 is 1.83 bits per heavy atom. The Morgan fingerprint density at radius 1 is 1.00 bits per heavy atom. The summed E-state index contributed by atoms with van der Waals surface area (Å²) in [5.41, 5.74) is 2.10. The van der Waals surface area contributed by atoms with Gasteiger partial charge in [0.2, 0.25) is 0 Å². The highest BCUT2D eigenvalue weighted by molar-refractivity contribution is 5.60. The van der Waals surface area contributed by atoms with Crippen LogP contribution in [0.4, 0.5) is 0 Å². The molecule has 0 atom stereocenters. The monoisotopic (exact) mass is 155 g/mol. The molecule has 2 heterocycles. The standard InChI is InChI=1S/C10H7N2/c1-2-10(8-12-5-1)9-3-6-11-7-4-9/h1-7H. The summed E-state index contributed by atoms with van der Waals surface area (Å²) in [5, 5.41) is 0. The summed E-state index contributed by atoms with van der Waals surface area (Å²) < 4.78 is 0. The molecule has 1 radical (unpaired) electrons. The van der Waals surface area contributed by atoms with E-state index in [4.69, 9.17) is 0 Å². The van der Waals surface area contributed by atoms with Gasteiger partial charge in [0, 0.05) is 24.2 Å². The van der Waals surface area contributed by atoms with Gasteiger partial charge < -0.3 is 0 Å². The number of aromatic nitrogens is 2. The van der Waals surface area contributed by atoms with Crippen LogP contribution < -0.4 is 0 Å². The molecule has 0 spiro atoms. The quantitative estimate of drug-likeness (QED) is 0.629. The average molecular weight is 155 g/mol. The molecule has 0 aliphatic heterocycles. The topological polar surface area (TPSA) is 25.8 Å². The first-order chi connectivity index (χ1) is 5.97. The smallest absolute Gasteiger partial charge is 0.0970 e. The van der Waals surface area contributed by atoms with Gasteiger partial charge in [-0.25, -0.2) is 0 Å². The fourth-order valence-corrected chi connectivity index (χ4v) is 1.02. The molecule has 2 rings (SSSR count). The predicted molar refractivity (Wildman–Crippen MR) is 46.3 cm³/mol. The van der Waals surface area contributed by atoms with Crippen molar-refractivity contribution in [3.8, 4) is 11.1 Å². The van der Waals surface area contributed by atoms with E-state index in [9.17, 15) is 0 Å². The van der Waals surface area contributed by atoms with E-state index >= 15 is 0 Å². The molecule has 2 heteroatoms. The second kappa shape index (κ2) is 3.13. The van der Waals surface area contributed by atoms with Crippen molar-refractivity contribution in [1.82, 2.24) is 9.97 Å². The van der Waals surface area contributed by atoms with E-state index in [2.05, 4.69) is 16.2 Å². The number of hydrogen-bond acceptors (Lipinski definition) is 2. The first-order valence-electron chi connectivity index (χ1n) is 3.70. The Bertz CT molecular complexity index is 305. The van der Waals surface area contributed by atoms with Gasteiger partial charge in [0.15, 0.2) is 0 Å². The molecule has 0 unspecified atom stereocenters. The van der Waals surface area contributed by atoms with Gasteiger partial charge in [0.1, 0.15) is 0 Å². The lowest BCUT2D eigenvalue weighted by atomic mass is 10.1. The van der Waals surface area contributed by atoms with Crippen molar-refractivity contribution in [2.75, 3.05) is 0 Å². The van der Waals surface area contributed by atoms with Gasteiger partial charge in [0.25, 0.3) is 0 Å². The van der Waals surface area contributed by atoms with Crippen molar-refractivity contribution in [2.24, 2.45) is 0 Å². The highest BCUT2D eigenvalue weighted by Gasteiger charge is 1.94. The lowest BCUT2D eigenvalue weighted by Crippen LogP contribution is -1.79. The molecule has 2 aromatic rings. The molecular formula is C10H7N2. The minimum absolute atomic E-state index is 1.000. The molecule has 0 amide bonds. The highest BCUT2D eigenvalue weighted by Crippen LogP contribution is 2.14. The average Bonchev–Trinajstić information content (AvgIpc) is 2.21. The van der Waals surface area contributed by atoms with Gasteiger partial charge in [-0.15, -0.1) is 0 Å². The highest BCUT2D eigenvalue weighted by atomic mass is 14.6. The van der Waals surface area contributed by atoms with Gasteiger partial charge in [-0.3, -0.25) is 9.97 Å². The van der Waals surface area contributed by atoms with Crippen LogP contribution >= 0.6 is 0 Å². The van der Waals surface area contributed by atoms with E-state index in [1.54, 1.807) is 18.6 Å². The van der Waals surface area contributed by atoms with Crippen LogP contribution in [0.1, 0.15) is 0 Å². The molecule has 0 aliphatic carbocycles. The predicted octanol–water partition coefficient (Wildman–Crippen LogP) is 1.94. The van der Waals surface area contributed by atoms with Gasteiger partial charge in [-0.1, -0.05) is 6.07 Å². The third-order valence-electron chi connectivity index (χ3n) is 1.60.